The second kappa shape index (κ2) is 9.28. The summed E-state index contributed by atoms with van der Waals surface area (Å²) in [4.78, 5) is 30.1. The zero-order chi connectivity index (χ0) is 22.0. The Kier molecular flexibility index (Phi) is 6.48. The molecule has 1 saturated heterocycles. The molecule has 1 amide bonds. The minimum absolute atomic E-state index is 0.153. The van der Waals surface area contributed by atoms with Crippen molar-refractivity contribution in [1.29, 1.82) is 0 Å². The average Bonchev–Trinajstić information content (AvgIpc) is 3.11. The van der Waals surface area contributed by atoms with Crippen LogP contribution in [0.1, 0.15) is 34.1 Å². The third kappa shape index (κ3) is 4.70. The highest BCUT2D eigenvalue weighted by Crippen LogP contribution is 2.39. The van der Waals surface area contributed by atoms with Crippen molar-refractivity contribution in [3.63, 3.8) is 0 Å². The van der Waals surface area contributed by atoms with E-state index < -0.39 is 5.97 Å². The van der Waals surface area contributed by atoms with Crippen LogP contribution in [0.25, 0.3) is 0 Å². The number of aromatic carboxylic acids is 1. The number of para-hydroxylation sites is 2. The number of hydrogen-bond donors (Lipinski definition) is 2. The monoisotopic (exact) mass is 443 g/mol. The van der Waals surface area contributed by atoms with Gasteiger partial charge in [-0.05, 0) is 42.9 Å². The summed E-state index contributed by atoms with van der Waals surface area (Å²) in [6, 6.07) is 7.96. The van der Waals surface area contributed by atoms with Gasteiger partial charge in [0.15, 0.2) is 0 Å². The predicted octanol–water partition coefficient (Wildman–Crippen LogP) is 3.34. The molecule has 166 valence electrons. The van der Waals surface area contributed by atoms with Gasteiger partial charge in [-0.1, -0.05) is 19.1 Å². The van der Waals surface area contributed by atoms with Crippen molar-refractivity contribution >= 4 is 33.9 Å². The number of nitrogens with one attached hydrogen (secondary N) is 1. The van der Waals surface area contributed by atoms with Crippen molar-refractivity contribution in [1.82, 2.24) is 4.90 Å². The van der Waals surface area contributed by atoms with Gasteiger partial charge in [-0.25, -0.2) is 4.79 Å². The van der Waals surface area contributed by atoms with E-state index in [0.717, 1.165) is 67.3 Å². The Hall–Kier alpha value is -2.58. The third-order valence-corrected chi connectivity index (χ3v) is 7.31. The second-order valence-electron chi connectivity index (χ2n) is 8.34. The van der Waals surface area contributed by atoms with E-state index in [1.807, 2.05) is 24.3 Å². The van der Waals surface area contributed by atoms with Gasteiger partial charge in [0.1, 0.15) is 10.8 Å². The SMILES string of the molecule is COc1ccccc1N1CCN(CC(=O)Nc2sc3c(c2C(=O)O)CC[C@H](C)C3)CC1. The molecule has 0 bridgehead atoms. The largest absolute Gasteiger partial charge is 0.495 e. The average molecular weight is 444 g/mol. The summed E-state index contributed by atoms with van der Waals surface area (Å²) in [6.07, 6.45) is 2.66. The number of nitrogens with zero attached hydrogens (tertiary/aromatic N) is 2. The topological polar surface area (TPSA) is 82.1 Å². The Morgan fingerprint density at radius 3 is 2.68 bits per heavy atom. The minimum atomic E-state index is -0.951. The summed E-state index contributed by atoms with van der Waals surface area (Å²) in [5.74, 6) is 0.300. The van der Waals surface area contributed by atoms with E-state index in [0.29, 0.717) is 16.5 Å². The molecule has 1 aromatic heterocycles. The summed E-state index contributed by atoms with van der Waals surface area (Å²) in [5.41, 5.74) is 2.27. The molecule has 4 rings (SSSR count). The van der Waals surface area contributed by atoms with Gasteiger partial charge in [-0.2, -0.15) is 0 Å². The molecular formula is C23H29N3O4S. The lowest BCUT2D eigenvalue weighted by molar-refractivity contribution is -0.117. The number of carbonyl (C=O) groups excluding carboxylic acids is 1. The molecule has 2 heterocycles. The number of carbonyl (C=O) groups is 2. The molecule has 0 spiro atoms. The summed E-state index contributed by atoms with van der Waals surface area (Å²) < 4.78 is 5.46. The van der Waals surface area contributed by atoms with Crippen LogP contribution in [0.4, 0.5) is 10.7 Å². The van der Waals surface area contributed by atoms with Crippen LogP contribution < -0.4 is 15.0 Å². The molecule has 1 aromatic carbocycles. The van der Waals surface area contributed by atoms with Crippen LogP contribution in [0.2, 0.25) is 0 Å². The van der Waals surface area contributed by atoms with Crippen LogP contribution >= 0.6 is 11.3 Å². The number of rotatable bonds is 6. The molecule has 31 heavy (non-hydrogen) atoms. The maximum Gasteiger partial charge on any atom is 0.339 e. The van der Waals surface area contributed by atoms with Crippen LogP contribution in [0.3, 0.4) is 0 Å². The number of amides is 1. The lowest BCUT2D eigenvalue weighted by atomic mass is 9.88. The molecule has 8 heteroatoms. The Morgan fingerprint density at radius 1 is 1.23 bits per heavy atom. The number of piperazine rings is 1. The number of carboxylic acid groups (broad SMARTS) is 1. The van der Waals surface area contributed by atoms with Gasteiger partial charge >= 0.3 is 5.97 Å². The summed E-state index contributed by atoms with van der Waals surface area (Å²) in [5, 5.41) is 13.1. The minimum Gasteiger partial charge on any atom is -0.495 e. The zero-order valence-corrected chi connectivity index (χ0v) is 18.8. The Bertz CT molecular complexity index is 966. The van der Waals surface area contributed by atoms with Crippen LogP contribution in [0.15, 0.2) is 24.3 Å². The third-order valence-electron chi connectivity index (χ3n) is 6.14. The van der Waals surface area contributed by atoms with Crippen molar-refractivity contribution < 1.29 is 19.4 Å². The number of carboxylic acids is 1. The maximum absolute atomic E-state index is 12.7. The van der Waals surface area contributed by atoms with Gasteiger partial charge in [0.2, 0.25) is 5.91 Å². The van der Waals surface area contributed by atoms with Crippen LogP contribution in [-0.2, 0) is 17.6 Å². The number of methoxy groups -OCH3 is 1. The maximum atomic E-state index is 12.7. The molecule has 2 aliphatic rings. The molecular weight excluding hydrogens is 414 g/mol. The van der Waals surface area contributed by atoms with Crippen molar-refractivity contribution in [2.45, 2.75) is 26.2 Å². The van der Waals surface area contributed by atoms with Gasteiger partial charge in [0, 0.05) is 31.1 Å². The molecule has 0 saturated carbocycles. The van der Waals surface area contributed by atoms with Gasteiger partial charge in [-0.3, -0.25) is 9.69 Å². The fraction of sp³-hybridized carbons (Fsp3) is 0.478. The normalized spacial score (nSPS) is 19.0. The highest BCUT2D eigenvalue weighted by Gasteiger charge is 2.29. The molecule has 2 N–H and O–H groups in total. The van der Waals surface area contributed by atoms with E-state index in [1.54, 1.807) is 7.11 Å². The van der Waals surface area contributed by atoms with Gasteiger partial charge in [0.05, 0.1) is 24.9 Å². The fourth-order valence-corrected chi connectivity index (χ4v) is 5.89. The number of thiophene rings is 1. The fourth-order valence-electron chi connectivity index (χ4n) is 4.47. The van der Waals surface area contributed by atoms with E-state index in [2.05, 4.69) is 22.0 Å². The lowest BCUT2D eigenvalue weighted by Gasteiger charge is -2.36. The van der Waals surface area contributed by atoms with E-state index in [4.69, 9.17) is 4.74 Å². The Balaban J connectivity index is 1.37. The summed E-state index contributed by atoms with van der Waals surface area (Å²) in [7, 11) is 1.67. The second-order valence-corrected chi connectivity index (χ2v) is 9.45. The quantitative estimate of drug-likeness (QED) is 0.713. The van der Waals surface area contributed by atoms with Crippen LogP contribution in [0.5, 0.6) is 5.75 Å². The smallest absolute Gasteiger partial charge is 0.339 e. The van der Waals surface area contributed by atoms with Gasteiger partial charge in [-0.15, -0.1) is 11.3 Å². The molecule has 1 fully saturated rings. The number of fused-ring (bicyclic) bond motifs is 1. The first-order valence-electron chi connectivity index (χ1n) is 10.7. The summed E-state index contributed by atoms with van der Waals surface area (Å²) >= 11 is 1.43. The first-order valence-corrected chi connectivity index (χ1v) is 11.6. The van der Waals surface area contributed by atoms with E-state index >= 15 is 0 Å². The van der Waals surface area contributed by atoms with Gasteiger partial charge < -0.3 is 20.1 Å². The molecule has 2 aromatic rings. The molecule has 7 nitrogen and oxygen atoms in total. The van der Waals surface area contributed by atoms with E-state index in [1.165, 1.54) is 11.3 Å². The van der Waals surface area contributed by atoms with E-state index in [9.17, 15) is 14.7 Å². The highest BCUT2D eigenvalue weighted by molar-refractivity contribution is 7.17. The highest BCUT2D eigenvalue weighted by atomic mass is 32.1. The first kappa shape index (κ1) is 21.6. The van der Waals surface area contributed by atoms with Crippen molar-refractivity contribution in [2.75, 3.05) is 50.1 Å². The number of anilines is 2. The van der Waals surface area contributed by atoms with Crippen LogP contribution in [0, 0.1) is 5.92 Å². The number of ether oxygens (including phenoxy) is 1. The molecule has 1 aliphatic heterocycles. The van der Waals surface area contributed by atoms with Crippen molar-refractivity contribution in [3.05, 3.63) is 40.3 Å². The molecule has 1 aliphatic carbocycles. The standard InChI is InChI=1S/C23H29N3O4S/c1-15-7-8-16-19(13-15)31-22(21(16)23(28)29)24-20(27)14-25-9-11-26(12-10-25)17-5-3-4-6-18(17)30-2/h3-6,15H,7-14H2,1-2H3,(H,24,27)(H,28,29)/t15-/m0/s1. The predicted molar refractivity (Wildman–Crippen MR) is 123 cm³/mol. The lowest BCUT2D eigenvalue weighted by Crippen LogP contribution is -2.48. The zero-order valence-electron chi connectivity index (χ0n) is 18.0. The Morgan fingerprint density at radius 2 is 1.97 bits per heavy atom. The van der Waals surface area contributed by atoms with Crippen molar-refractivity contribution in [3.8, 4) is 5.75 Å². The molecule has 1 atom stereocenters. The van der Waals surface area contributed by atoms with Crippen molar-refractivity contribution in [2.24, 2.45) is 5.92 Å². The molecule has 0 unspecified atom stereocenters. The molecule has 0 radical (unpaired) electrons. The summed E-state index contributed by atoms with van der Waals surface area (Å²) in [6.45, 7) is 5.58. The Labute approximate surface area is 186 Å². The first-order chi connectivity index (χ1) is 15.0. The number of benzene rings is 1. The van der Waals surface area contributed by atoms with Crippen LogP contribution in [-0.4, -0.2) is 61.7 Å². The number of hydrogen-bond acceptors (Lipinski definition) is 6. The van der Waals surface area contributed by atoms with E-state index in [-0.39, 0.29) is 12.5 Å². The van der Waals surface area contributed by atoms with Gasteiger partial charge in [0.25, 0.3) is 0 Å².